The molecule has 0 saturated carbocycles. The summed E-state index contributed by atoms with van der Waals surface area (Å²) >= 11 is 0. The van der Waals surface area contributed by atoms with Crippen molar-refractivity contribution in [2.24, 2.45) is 0 Å². The highest BCUT2D eigenvalue weighted by Gasteiger charge is 2.14. The predicted octanol–water partition coefficient (Wildman–Crippen LogP) is 13.1. The van der Waals surface area contributed by atoms with Crippen LogP contribution in [0.25, 0.3) is 12.2 Å². The number of hydrogen-bond acceptors (Lipinski definition) is 5. The van der Waals surface area contributed by atoms with E-state index in [1.807, 2.05) is 54.6 Å². The Bertz CT molecular complexity index is 1290. The highest BCUT2D eigenvalue weighted by molar-refractivity contribution is 5.92. The van der Waals surface area contributed by atoms with Crippen molar-refractivity contribution in [2.45, 2.75) is 142 Å². The minimum atomic E-state index is -0.412. The highest BCUT2D eigenvalue weighted by atomic mass is 16.5. The lowest BCUT2D eigenvalue weighted by atomic mass is 10.1. The van der Waals surface area contributed by atoms with Gasteiger partial charge in [0, 0.05) is 12.4 Å². The van der Waals surface area contributed by atoms with E-state index in [0.717, 1.165) is 30.4 Å². The van der Waals surface area contributed by atoms with Crippen LogP contribution in [-0.2, 0) is 0 Å². The molecule has 5 heteroatoms. The molecule has 0 fully saturated rings. The maximum absolute atomic E-state index is 13.2. The molecular weight excluding hydrogens is 606 g/mol. The van der Waals surface area contributed by atoms with Crippen LogP contribution in [0.1, 0.15) is 164 Å². The lowest BCUT2D eigenvalue weighted by Gasteiger charge is -2.14. The van der Waals surface area contributed by atoms with E-state index in [9.17, 15) is 4.79 Å². The van der Waals surface area contributed by atoms with Crippen LogP contribution < -0.4 is 14.2 Å². The van der Waals surface area contributed by atoms with E-state index in [-0.39, 0.29) is 0 Å². The van der Waals surface area contributed by atoms with Crippen molar-refractivity contribution < 1.29 is 19.0 Å². The maximum Gasteiger partial charge on any atom is 0.343 e. The molecule has 3 rings (SSSR count). The third kappa shape index (κ3) is 18.1. The number of carbonyl (C=O) groups excluding carboxylic acids is 1. The second kappa shape index (κ2) is 26.3. The monoisotopic (exact) mass is 669 g/mol. The van der Waals surface area contributed by atoms with Crippen LogP contribution >= 0.6 is 0 Å². The van der Waals surface area contributed by atoms with Crippen molar-refractivity contribution in [3.63, 3.8) is 0 Å². The molecule has 3 aromatic rings. The SMILES string of the molecule is CCCCCCCCCCCCOc1ccc(C(=O)Oc2ccc(/C=C/c3ccncc3)cc2)cc1OCCCCCCCCCCCC. The Kier molecular flexibility index (Phi) is 21.4. The van der Waals surface area contributed by atoms with E-state index in [4.69, 9.17) is 14.2 Å². The molecule has 1 aromatic heterocycles. The molecule has 2 aromatic carbocycles. The normalized spacial score (nSPS) is 11.2. The van der Waals surface area contributed by atoms with Gasteiger partial charge in [0.1, 0.15) is 5.75 Å². The molecule has 0 atom stereocenters. The van der Waals surface area contributed by atoms with Crippen LogP contribution in [0.3, 0.4) is 0 Å². The maximum atomic E-state index is 13.2. The number of hydrogen-bond donors (Lipinski definition) is 0. The van der Waals surface area contributed by atoms with Crippen molar-refractivity contribution in [1.82, 2.24) is 4.98 Å². The standard InChI is InChI=1S/C44H63NO4/c1-3-5-7-9-11-13-15-17-19-21-35-47-42-30-27-40(37-43(42)48-36-22-20-18-16-14-12-10-8-6-4-2)44(46)49-41-28-25-38(26-29-41)23-24-39-31-33-45-34-32-39/h23-34,37H,3-22,35-36H2,1-2H3/b24-23+. The van der Waals surface area contributed by atoms with E-state index in [0.29, 0.717) is 36.0 Å². The molecule has 5 nitrogen and oxygen atoms in total. The number of esters is 1. The fourth-order valence-electron chi connectivity index (χ4n) is 5.89. The number of unbranched alkanes of at least 4 members (excludes halogenated alkanes) is 18. The van der Waals surface area contributed by atoms with Crippen LogP contribution in [0.5, 0.6) is 17.2 Å². The van der Waals surface area contributed by atoms with E-state index < -0.39 is 5.97 Å². The summed E-state index contributed by atoms with van der Waals surface area (Å²) < 4.78 is 18.2. The van der Waals surface area contributed by atoms with Crippen molar-refractivity contribution in [1.29, 1.82) is 0 Å². The van der Waals surface area contributed by atoms with Gasteiger partial charge < -0.3 is 14.2 Å². The topological polar surface area (TPSA) is 57.7 Å². The van der Waals surface area contributed by atoms with E-state index >= 15 is 0 Å². The Morgan fingerprint density at radius 2 is 0.980 bits per heavy atom. The molecule has 0 N–H and O–H groups in total. The number of aromatic nitrogens is 1. The Balaban J connectivity index is 1.48. The van der Waals surface area contributed by atoms with Gasteiger partial charge in [0.2, 0.25) is 0 Å². The first-order valence-electron chi connectivity index (χ1n) is 19.5. The van der Waals surface area contributed by atoms with Crippen LogP contribution in [0.2, 0.25) is 0 Å². The Hall–Kier alpha value is -3.60. The van der Waals surface area contributed by atoms with Gasteiger partial charge in [-0.3, -0.25) is 4.98 Å². The van der Waals surface area contributed by atoms with Crippen molar-refractivity contribution in [3.8, 4) is 17.2 Å². The first kappa shape index (κ1) is 39.8. The lowest BCUT2D eigenvalue weighted by molar-refractivity contribution is 0.0734. The molecule has 0 aliphatic carbocycles. The molecule has 268 valence electrons. The lowest BCUT2D eigenvalue weighted by Crippen LogP contribution is -2.10. The summed E-state index contributed by atoms with van der Waals surface area (Å²) in [6.45, 7) is 5.79. The fraction of sp³-hybridized carbons (Fsp3) is 0.545. The van der Waals surface area contributed by atoms with Crippen LogP contribution in [0.15, 0.2) is 67.0 Å². The number of ether oxygens (including phenoxy) is 3. The summed E-state index contributed by atoms with van der Waals surface area (Å²) in [4.78, 5) is 17.2. The van der Waals surface area contributed by atoms with Gasteiger partial charge in [0.05, 0.1) is 18.8 Å². The van der Waals surface area contributed by atoms with E-state index in [1.165, 1.54) is 109 Å². The van der Waals surface area contributed by atoms with Crippen LogP contribution in [-0.4, -0.2) is 24.2 Å². The summed E-state index contributed by atoms with van der Waals surface area (Å²) in [7, 11) is 0. The molecule has 0 bridgehead atoms. The number of rotatable bonds is 28. The summed E-state index contributed by atoms with van der Waals surface area (Å²) in [6, 6.07) is 16.8. The molecule has 0 spiro atoms. The summed E-state index contributed by atoms with van der Waals surface area (Å²) in [5.74, 6) is 1.41. The Morgan fingerprint density at radius 3 is 1.49 bits per heavy atom. The second-order valence-corrected chi connectivity index (χ2v) is 13.3. The largest absolute Gasteiger partial charge is 0.490 e. The minimum absolute atomic E-state index is 0.412. The Labute approximate surface area is 297 Å². The number of benzene rings is 2. The highest BCUT2D eigenvalue weighted by Crippen LogP contribution is 2.30. The molecule has 0 amide bonds. The van der Waals surface area contributed by atoms with Gasteiger partial charge in [0.15, 0.2) is 11.5 Å². The summed E-state index contributed by atoms with van der Waals surface area (Å²) in [5, 5.41) is 0. The van der Waals surface area contributed by atoms with Gasteiger partial charge in [-0.2, -0.15) is 0 Å². The molecule has 0 saturated heterocycles. The summed E-state index contributed by atoms with van der Waals surface area (Å²) in [6.07, 6.45) is 33.2. The van der Waals surface area contributed by atoms with Crippen LogP contribution in [0, 0.1) is 0 Å². The molecule has 0 aliphatic rings. The van der Waals surface area contributed by atoms with Crippen LogP contribution in [0.4, 0.5) is 0 Å². The molecule has 49 heavy (non-hydrogen) atoms. The average molecular weight is 670 g/mol. The molecule has 0 unspecified atom stereocenters. The van der Waals surface area contributed by atoms with Gasteiger partial charge in [-0.15, -0.1) is 0 Å². The third-order valence-electron chi connectivity index (χ3n) is 8.96. The first-order valence-corrected chi connectivity index (χ1v) is 19.5. The quantitative estimate of drug-likeness (QED) is 0.0437. The zero-order valence-corrected chi connectivity index (χ0v) is 30.6. The molecule has 1 heterocycles. The molecule has 0 aliphatic heterocycles. The smallest absolute Gasteiger partial charge is 0.343 e. The first-order chi connectivity index (χ1) is 24.2. The number of pyridine rings is 1. The van der Waals surface area contributed by atoms with E-state index in [1.54, 1.807) is 24.5 Å². The number of nitrogens with zero attached hydrogens (tertiary/aromatic N) is 1. The number of carbonyl (C=O) groups is 1. The summed E-state index contributed by atoms with van der Waals surface area (Å²) in [5.41, 5.74) is 2.54. The third-order valence-corrected chi connectivity index (χ3v) is 8.96. The van der Waals surface area contributed by atoms with Gasteiger partial charge in [-0.1, -0.05) is 154 Å². The fourth-order valence-corrected chi connectivity index (χ4v) is 5.89. The van der Waals surface area contributed by atoms with Gasteiger partial charge in [-0.05, 0) is 66.4 Å². The van der Waals surface area contributed by atoms with Gasteiger partial charge in [-0.25, -0.2) is 4.79 Å². The molecule has 0 radical (unpaired) electrons. The van der Waals surface area contributed by atoms with E-state index in [2.05, 4.69) is 18.8 Å². The van der Waals surface area contributed by atoms with Gasteiger partial charge in [0.25, 0.3) is 0 Å². The minimum Gasteiger partial charge on any atom is -0.490 e. The average Bonchev–Trinajstić information content (AvgIpc) is 3.13. The zero-order chi connectivity index (χ0) is 34.6. The predicted molar refractivity (Wildman–Crippen MR) is 206 cm³/mol. The van der Waals surface area contributed by atoms with Crippen molar-refractivity contribution in [3.05, 3.63) is 83.7 Å². The van der Waals surface area contributed by atoms with Crippen molar-refractivity contribution in [2.75, 3.05) is 13.2 Å². The molecular formula is C44H63NO4. The zero-order valence-electron chi connectivity index (χ0n) is 30.6. The second-order valence-electron chi connectivity index (χ2n) is 13.3. The Morgan fingerprint density at radius 1 is 0.531 bits per heavy atom. The van der Waals surface area contributed by atoms with Crippen molar-refractivity contribution >= 4 is 18.1 Å². The van der Waals surface area contributed by atoms with Gasteiger partial charge >= 0.3 is 5.97 Å².